The van der Waals surface area contributed by atoms with Crippen molar-refractivity contribution in [2.45, 2.75) is 24.3 Å². The van der Waals surface area contributed by atoms with Crippen LogP contribution in [0.5, 0.6) is 0 Å². The molecule has 1 atom stereocenters. The summed E-state index contributed by atoms with van der Waals surface area (Å²) in [5, 5.41) is 11.3. The van der Waals surface area contributed by atoms with E-state index in [9.17, 15) is 23.1 Å². The van der Waals surface area contributed by atoms with Crippen molar-refractivity contribution in [1.82, 2.24) is 4.72 Å². The molecule has 0 aliphatic rings. The number of benzene rings is 2. The molecule has 0 spiro atoms. The molecule has 2 rings (SSSR count). The van der Waals surface area contributed by atoms with Gasteiger partial charge in [-0.3, -0.25) is 0 Å². The van der Waals surface area contributed by atoms with Crippen LogP contribution in [0.3, 0.4) is 0 Å². The van der Waals surface area contributed by atoms with E-state index in [1.54, 1.807) is 19.1 Å². The first-order valence-corrected chi connectivity index (χ1v) is 9.84. The standard InChI is InChI=1S/C18H18ClNO6S/c1-2-26-18(23)12-7-9-13(10-8-12)27(24,25)20-16(11-17(21)22)14-5-3-4-6-15(14)19/h3-10,16,20H,2,11H2,1H3,(H,21,22)/p-1/t16-/m0/s1. The highest BCUT2D eigenvalue weighted by molar-refractivity contribution is 7.89. The van der Waals surface area contributed by atoms with Gasteiger partial charge in [-0.25, -0.2) is 17.9 Å². The highest BCUT2D eigenvalue weighted by atomic mass is 35.5. The monoisotopic (exact) mass is 410 g/mol. The van der Waals surface area contributed by atoms with Crippen LogP contribution in [0.2, 0.25) is 5.02 Å². The van der Waals surface area contributed by atoms with Crippen LogP contribution < -0.4 is 9.83 Å². The number of carbonyl (C=O) groups is 2. The van der Waals surface area contributed by atoms with Crippen LogP contribution in [-0.4, -0.2) is 27.0 Å². The lowest BCUT2D eigenvalue weighted by Crippen LogP contribution is -2.34. The average Bonchev–Trinajstić information content (AvgIpc) is 2.61. The van der Waals surface area contributed by atoms with Gasteiger partial charge in [0.15, 0.2) is 0 Å². The molecule has 0 heterocycles. The van der Waals surface area contributed by atoms with Gasteiger partial charge >= 0.3 is 5.97 Å². The summed E-state index contributed by atoms with van der Waals surface area (Å²) in [6.45, 7) is 1.86. The van der Waals surface area contributed by atoms with Gasteiger partial charge in [0.1, 0.15) is 0 Å². The van der Waals surface area contributed by atoms with E-state index in [4.69, 9.17) is 16.3 Å². The number of hydrogen-bond acceptors (Lipinski definition) is 6. The second-order valence-electron chi connectivity index (χ2n) is 5.52. The first-order chi connectivity index (χ1) is 12.7. The van der Waals surface area contributed by atoms with E-state index in [-0.39, 0.29) is 22.1 Å². The molecule has 0 unspecified atom stereocenters. The predicted octanol–water partition coefficient (Wildman–Crippen LogP) is 1.68. The third-order valence-corrected chi connectivity index (χ3v) is 5.46. The molecule has 0 saturated heterocycles. The second-order valence-corrected chi connectivity index (χ2v) is 7.64. The number of hydrogen-bond donors (Lipinski definition) is 1. The minimum Gasteiger partial charge on any atom is -0.550 e. The smallest absolute Gasteiger partial charge is 0.338 e. The average molecular weight is 411 g/mol. The van der Waals surface area contributed by atoms with E-state index in [0.717, 1.165) is 0 Å². The van der Waals surface area contributed by atoms with Crippen molar-refractivity contribution in [3.05, 3.63) is 64.7 Å². The van der Waals surface area contributed by atoms with Gasteiger partial charge < -0.3 is 14.6 Å². The summed E-state index contributed by atoms with van der Waals surface area (Å²) in [4.78, 5) is 22.6. The van der Waals surface area contributed by atoms with Crippen LogP contribution in [0.15, 0.2) is 53.4 Å². The molecule has 0 radical (unpaired) electrons. The molecule has 2 aromatic carbocycles. The summed E-state index contributed by atoms with van der Waals surface area (Å²) in [5.41, 5.74) is 0.517. The van der Waals surface area contributed by atoms with E-state index in [1.807, 2.05) is 0 Å². The van der Waals surface area contributed by atoms with Gasteiger partial charge in [0.2, 0.25) is 10.0 Å². The fourth-order valence-corrected chi connectivity index (χ4v) is 3.86. The topological polar surface area (TPSA) is 113 Å². The van der Waals surface area contributed by atoms with Crippen molar-refractivity contribution in [2.75, 3.05) is 6.61 Å². The Kier molecular flexibility index (Phi) is 6.95. The molecular formula is C18H17ClNO6S-. The molecule has 9 heteroatoms. The van der Waals surface area contributed by atoms with E-state index in [2.05, 4.69) is 4.72 Å². The van der Waals surface area contributed by atoms with E-state index < -0.39 is 34.4 Å². The minimum absolute atomic E-state index is 0.133. The van der Waals surface area contributed by atoms with Gasteiger partial charge in [0.05, 0.1) is 23.1 Å². The van der Waals surface area contributed by atoms with Gasteiger partial charge in [0, 0.05) is 17.4 Å². The molecule has 0 aliphatic heterocycles. The Labute approximate surface area is 162 Å². The number of halogens is 1. The molecule has 0 amide bonds. The van der Waals surface area contributed by atoms with Crippen LogP contribution in [0.1, 0.15) is 35.3 Å². The molecule has 0 bridgehead atoms. The molecular weight excluding hydrogens is 394 g/mol. The quantitative estimate of drug-likeness (QED) is 0.662. The Morgan fingerprint density at radius 3 is 2.33 bits per heavy atom. The Hall–Kier alpha value is -2.42. The normalized spacial score (nSPS) is 12.4. The first kappa shape index (κ1) is 20.9. The van der Waals surface area contributed by atoms with E-state index in [1.165, 1.54) is 36.4 Å². The largest absolute Gasteiger partial charge is 0.550 e. The number of rotatable bonds is 8. The molecule has 0 fully saturated rings. The fraction of sp³-hybridized carbons (Fsp3) is 0.222. The van der Waals surface area contributed by atoms with E-state index >= 15 is 0 Å². The van der Waals surface area contributed by atoms with Gasteiger partial charge in [0.25, 0.3) is 0 Å². The van der Waals surface area contributed by atoms with Crippen LogP contribution in [0.4, 0.5) is 0 Å². The van der Waals surface area contributed by atoms with Crippen molar-refractivity contribution >= 4 is 33.6 Å². The zero-order valence-electron chi connectivity index (χ0n) is 14.3. The Balaban J connectivity index is 2.29. The number of sulfonamides is 1. The Morgan fingerprint density at radius 1 is 1.15 bits per heavy atom. The molecule has 0 aliphatic carbocycles. The number of carbonyl (C=O) groups excluding carboxylic acids is 2. The molecule has 27 heavy (non-hydrogen) atoms. The summed E-state index contributed by atoms with van der Waals surface area (Å²) in [6, 6.07) is 10.3. The van der Waals surface area contributed by atoms with Crippen molar-refractivity contribution in [2.24, 2.45) is 0 Å². The molecule has 0 saturated carbocycles. The Bertz CT molecular complexity index is 927. The number of carboxylic acids is 1. The number of esters is 1. The molecule has 1 N–H and O–H groups in total. The lowest BCUT2D eigenvalue weighted by atomic mass is 10.1. The zero-order chi connectivity index (χ0) is 20.0. The van der Waals surface area contributed by atoms with Crippen LogP contribution in [0.25, 0.3) is 0 Å². The summed E-state index contributed by atoms with van der Waals surface area (Å²) in [5.74, 6) is -2.00. The SMILES string of the molecule is CCOC(=O)c1ccc(S(=O)(=O)N[C@@H](CC(=O)[O-])c2ccccc2Cl)cc1. The van der Waals surface area contributed by atoms with E-state index in [0.29, 0.717) is 5.56 Å². The van der Waals surface area contributed by atoms with Crippen molar-refractivity contribution in [3.63, 3.8) is 0 Å². The molecule has 144 valence electrons. The molecule has 7 nitrogen and oxygen atoms in total. The molecule has 2 aromatic rings. The summed E-state index contributed by atoms with van der Waals surface area (Å²) in [7, 11) is -4.08. The van der Waals surface area contributed by atoms with Gasteiger partial charge in [-0.05, 0) is 42.8 Å². The summed E-state index contributed by atoms with van der Waals surface area (Å²) in [6.07, 6.45) is -0.593. The van der Waals surface area contributed by atoms with Crippen molar-refractivity contribution < 1.29 is 27.9 Å². The maximum atomic E-state index is 12.6. The highest BCUT2D eigenvalue weighted by Crippen LogP contribution is 2.26. The first-order valence-electron chi connectivity index (χ1n) is 7.98. The van der Waals surface area contributed by atoms with Crippen molar-refractivity contribution in [1.29, 1.82) is 0 Å². The van der Waals surface area contributed by atoms with Gasteiger partial charge in [-0.15, -0.1) is 0 Å². The van der Waals surface area contributed by atoms with Crippen molar-refractivity contribution in [3.8, 4) is 0 Å². The zero-order valence-corrected chi connectivity index (χ0v) is 15.9. The molecule has 0 aromatic heterocycles. The van der Waals surface area contributed by atoms with Crippen LogP contribution in [0, 0.1) is 0 Å². The fourth-order valence-electron chi connectivity index (χ4n) is 2.38. The summed E-state index contributed by atoms with van der Waals surface area (Å²) < 4.78 is 32.4. The predicted molar refractivity (Wildman–Crippen MR) is 96.5 cm³/mol. The third kappa shape index (κ3) is 5.53. The maximum absolute atomic E-state index is 12.6. The second kappa shape index (κ2) is 8.98. The van der Waals surface area contributed by atoms with Crippen LogP contribution in [-0.2, 0) is 19.6 Å². The van der Waals surface area contributed by atoms with Gasteiger partial charge in [-0.2, -0.15) is 0 Å². The number of aliphatic carboxylic acids is 1. The lowest BCUT2D eigenvalue weighted by molar-refractivity contribution is -0.306. The third-order valence-electron chi connectivity index (χ3n) is 3.62. The van der Waals surface area contributed by atoms with Crippen LogP contribution >= 0.6 is 11.6 Å². The number of ether oxygens (including phenoxy) is 1. The maximum Gasteiger partial charge on any atom is 0.338 e. The lowest BCUT2D eigenvalue weighted by Gasteiger charge is -2.21. The van der Waals surface area contributed by atoms with Gasteiger partial charge in [-0.1, -0.05) is 29.8 Å². The number of nitrogens with one attached hydrogen (secondary N) is 1. The minimum atomic E-state index is -4.08. The number of carboxylic acid groups (broad SMARTS) is 1. The Morgan fingerprint density at radius 2 is 1.78 bits per heavy atom. The highest BCUT2D eigenvalue weighted by Gasteiger charge is 2.23. The summed E-state index contributed by atoms with van der Waals surface area (Å²) >= 11 is 6.06.